The van der Waals surface area contributed by atoms with Gasteiger partial charge in [0, 0.05) is 42.8 Å². The van der Waals surface area contributed by atoms with Crippen LogP contribution in [0.4, 0.5) is 0 Å². The minimum atomic E-state index is 0.578. The number of likely N-dealkylation sites (tertiary alicyclic amines) is 1. The lowest BCUT2D eigenvalue weighted by molar-refractivity contribution is 0.195. The van der Waals surface area contributed by atoms with Gasteiger partial charge < -0.3 is 4.57 Å². The molecule has 120 valence electrons. The number of aryl methyl sites for hydroxylation is 2. The van der Waals surface area contributed by atoms with Crippen LogP contribution in [0.15, 0.2) is 17.9 Å². The Morgan fingerprint density at radius 3 is 3.05 bits per heavy atom. The molecule has 4 nitrogen and oxygen atoms in total. The Morgan fingerprint density at radius 2 is 2.27 bits per heavy atom. The van der Waals surface area contributed by atoms with Crippen molar-refractivity contribution in [1.82, 2.24) is 19.4 Å². The summed E-state index contributed by atoms with van der Waals surface area (Å²) in [4.78, 5) is 13.0. The minimum absolute atomic E-state index is 0.578. The molecule has 2 aromatic heterocycles. The van der Waals surface area contributed by atoms with Crippen molar-refractivity contribution in [2.45, 2.75) is 58.5 Å². The van der Waals surface area contributed by atoms with E-state index in [1.807, 2.05) is 11.7 Å². The third-order valence-corrected chi connectivity index (χ3v) is 5.50. The van der Waals surface area contributed by atoms with E-state index in [-0.39, 0.29) is 0 Å². The first-order valence-electron chi connectivity index (χ1n) is 8.40. The molecule has 1 atom stereocenters. The number of aromatic nitrogens is 3. The molecule has 1 unspecified atom stereocenters. The van der Waals surface area contributed by atoms with Crippen LogP contribution in [0.1, 0.15) is 54.9 Å². The summed E-state index contributed by atoms with van der Waals surface area (Å²) >= 11 is 1.78. The van der Waals surface area contributed by atoms with E-state index in [9.17, 15) is 0 Å². The Bertz CT molecular complexity index is 589. The highest BCUT2D eigenvalue weighted by Gasteiger charge is 2.25. The van der Waals surface area contributed by atoms with Crippen molar-refractivity contribution < 1.29 is 0 Å². The van der Waals surface area contributed by atoms with E-state index in [0.717, 1.165) is 19.6 Å². The summed E-state index contributed by atoms with van der Waals surface area (Å²) in [6, 6.07) is 0. The second-order valence-corrected chi connectivity index (χ2v) is 7.21. The number of nitrogens with zero attached hydrogens (tertiary/aromatic N) is 4. The van der Waals surface area contributed by atoms with Gasteiger partial charge in [-0.2, -0.15) is 0 Å². The van der Waals surface area contributed by atoms with E-state index in [2.05, 4.69) is 39.5 Å². The number of unbranched alkanes of at least 4 members (excludes halogenated alkanes) is 1. The van der Waals surface area contributed by atoms with Gasteiger partial charge in [0.2, 0.25) is 0 Å². The lowest BCUT2D eigenvalue weighted by Gasteiger charge is -2.32. The predicted octanol–water partition coefficient (Wildman–Crippen LogP) is 3.83. The molecule has 0 amide bonds. The molecule has 22 heavy (non-hydrogen) atoms. The van der Waals surface area contributed by atoms with E-state index >= 15 is 0 Å². The average molecular weight is 318 g/mol. The van der Waals surface area contributed by atoms with Crippen LogP contribution in [-0.4, -0.2) is 32.5 Å². The predicted molar refractivity (Wildman–Crippen MR) is 91.2 cm³/mol. The van der Waals surface area contributed by atoms with Crippen molar-refractivity contribution in [2.75, 3.05) is 13.1 Å². The van der Waals surface area contributed by atoms with E-state index in [0.29, 0.717) is 5.92 Å². The van der Waals surface area contributed by atoms with Crippen molar-refractivity contribution in [3.63, 3.8) is 0 Å². The minimum Gasteiger partial charge on any atom is -0.335 e. The van der Waals surface area contributed by atoms with Gasteiger partial charge in [0.1, 0.15) is 5.82 Å². The number of piperidine rings is 1. The fraction of sp³-hybridized carbons (Fsp3) is 0.647. The van der Waals surface area contributed by atoms with Crippen LogP contribution in [0.2, 0.25) is 0 Å². The molecule has 0 spiro atoms. The second-order valence-electron chi connectivity index (χ2n) is 6.27. The third-order valence-electron chi connectivity index (χ3n) is 4.58. The maximum absolute atomic E-state index is 4.67. The molecule has 1 fully saturated rings. The van der Waals surface area contributed by atoms with Gasteiger partial charge in [-0.25, -0.2) is 9.97 Å². The van der Waals surface area contributed by atoms with Gasteiger partial charge >= 0.3 is 0 Å². The second kappa shape index (κ2) is 7.38. The summed E-state index contributed by atoms with van der Waals surface area (Å²) in [5.74, 6) is 1.87. The molecule has 3 rings (SSSR count). The van der Waals surface area contributed by atoms with Crippen molar-refractivity contribution >= 4 is 11.3 Å². The largest absolute Gasteiger partial charge is 0.335 e. The molecular formula is C17H26N4S. The molecule has 2 aromatic rings. The quantitative estimate of drug-likeness (QED) is 0.812. The number of imidazole rings is 1. The van der Waals surface area contributed by atoms with Gasteiger partial charge in [0.05, 0.1) is 11.2 Å². The maximum Gasteiger partial charge on any atom is 0.113 e. The van der Waals surface area contributed by atoms with Crippen LogP contribution in [0.5, 0.6) is 0 Å². The summed E-state index contributed by atoms with van der Waals surface area (Å²) in [6.45, 7) is 8.84. The van der Waals surface area contributed by atoms with Crippen LogP contribution < -0.4 is 0 Å². The van der Waals surface area contributed by atoms with Crippen molar-refractivity contribution in [1.29, 1.82) is 0 Å². The van der Waals surface area contributed by atoms with Gasteiger partial charge in [-0.3, -0.25) is 4.90 Å². The van der Waals surface area contributed by atoms with Crippen LogP contribution in [0, 0.1) is 6.92 Å². The highest BCUT2D eigenvalue weighted by atomic mass is 32.1. The molecule has 5 heteroatoms. The molecule has 0 radical (unpaired) electrons. The normalized spacial score (nSPS) is 19.6. The number of thiazole rings is 1. The zero-order chi connectivity index (χ0) is 15.4. The smallest absolute Gasteiger partial charge is 0.113 e. The Balaban J connectivity index is 1.65. The molecule has 0 saturated carbocycles. The highest BCUT2D eigenvalue weighted by Crippen LogP contribution is 2.28. The molecular weight excluding hydrogens is 292 g/mol. The Morgan fingerprint density at radius 1 is 1.36 bits per heavy atom. The van der Waals surface area contributed by atoms with Gasteiger partial charge in [-0.05, 0) is 32.7 Å². The maximum atomic E-state index is 4.67. The van der Waals surface area contributed by atoms with Gasteiger partial charge in [-0.1, -0.05) is 13.3 Å². The van der Waals surface area contributed by atoms with Gasteiger partial charge in [-0.15, -0.1) is 11.3 Å². The number of hydrogen-bond acceptors (Lipinski definition) is 4. The monoisotopic (exact) mass is 318 g/mol. The van der Waals surface area contributed by atoms with E-state index in [4.69, 9.17) is 0 Å². The first-order chi connectivity index (χ1) is 10.8. The zero-order valence-electron chi connectivity index (χ0n) is 13.7. The summed E-state index contributed by atoms with van der Waals surface area (Å²) < 4.78 is 2.37. The average Bonchev–Trinajstić information content (AvgIpc) is 3.15. The van der Waals surface area contributed by atoms with Crippen molar-refractivity contribution in [3.8, 4) is 0 Å². The molecule has 0 N–H and O–H groups in total. The fourth-order valence-electron chi connectivity index (χ4n) is 3.29. The molecule has 0 aliphatic carbocycles. The first kappa shape index (κ1) is 15.7. The molecule has 0 bridgehead atoms. The lowest BCUT2D eigenvalue weighted by atomic mass is 9.97. The molecule has 0 aromatic carbocycles. The molecule has 3 heterocycles. The summed E-state index contributed by atoms with van der Waals surface area (Å²) in [7, 11) is 0. The number of rotatable bonds is 6. The Kier molecular flexibility index (Phi) is 5.26. The van der Waals surface area contributed by atoms with Crippen molar-refractivity contribution in [2.24, 2.45) is 0 Å². The van der Waals surface area contributed by atoms with Crippen molar-refractivity contribution in [3.05, 3.63) is 34.3 Å². The first-order valence-corrected chi connectivity index (χ1v) is 9.28. The summed E-state index contributed by atoms with van der Waals surface area (Å²) in [5, 5.41) is 0. The van der Waals surface area contributed by atoms with Crippen LogP contribution >= 0.6 is 11.3 Å². The fourth-order valence-corrected chi connectivity index (χ4v) is 4.11. The van der Waals surface area contributed by atoms with E-state index in [1.165, 1.54) is 48.6 Å². The molecule has 1 saturated heterocycles. The Labute approximate surface area is 137 Å². The SMILES string of the molecule is CCCCn1ccnc1C1CCCN(Cc2scnc2C)C1. The van der Waals surface area contributed by atoms with Crippen LogP contribution in [0.25, 0.3) is 0 Å². The number of hydrogen-bond donors (Lipinski definition) is 0. The van der Waals surface area contributed by atoms with E-state index in [1.54, 1.807) is 11.3 Å². The van der Waals surface area contributed by atoms with Gasteiger partial charge in [0.25, 0.3) is 0 Å². The zero-order valence-corrected chi connectivity index (χ0v) is 14.5. The molecule has 1 aliphatic rings. The summed E-state index contributed by atoms with van der Waals surface area (Å²) in [6.07, 6.45) is 9.12. The van der Waals surface area contributed by atoms with Crippen LogP contribution in [-0.2, 0) is 13.1 Å². The Hall–Kier alpha value is -1.20. The van der Waals surface area contributed by atoms with Gasteiger partial charge in [0.15, 0.2) is 0 Å². The lowest BCUT2D eigenvalue weighted by Crippen LogP contribution is -2.34. The van der Waals surface area contributed by atoms with Crippen LogP contribution in [0.3, 0.4) is 0 Å². The topological polar surface area (TPSA) is 34.0 Å². The third kappa shape index (κ3) is 3.58. The summed E-state index contributed by atoms with van der Waals surface area (Å²) in [5.41, 5.74) is 3.15. The highest BCUT2D eigenvalue weighted by molar-refractivity contribution is 7.09. The molecule has 1 aliphatic heterocycles. The standard InChI is InChI=1S/C17H26N4S/c1-3-4-9-21-10-7-18-17(21)15-6-5-8-20(11-15)12-16-14(2)19-13-22-16/h7,10,13,15H,3-6,8-9,11-12H2,1-2H3. The van der Waals surface area contributed by atoms with E-state index < -0.39 is 0 Å².